The van der Waals surface area contributed by atoms with E-state index >= 15 is 0 Å². The molecule has 0 radical (unpaired) electrons. The van der Waals surface area contributed by atoms with Crippen LogP contribution in [0.25, 0.3) is 0 Å². The fraction of sp³-hybridized carbons (Fsp3) is 0.316. The molecule has 0 bridgehead atoms. The van der Waals surface area contributed by atoms with Gasteiger partial charge in [-0.15, -0.1) is 0 Å². The largest absolute Gasteiger partial charge is 0.307 e. The predicted molar refractivity (Wildman–Crippen MR) is 110 cm³/mol. The van der Waals surface area contributed by atoms with E-state index in [2.05, 4.69) is 0 Å². The number of nitrogens with zero attached hydrogens (tertiary/aromatic N) is 2. The Labute approximate surface area is 169 Å². The molecule has 0 aliphatic carbocycles. The molecule has 144 valence electrons. The molecule has 0 aromatic heterocycles. The molecule has 27 heavy (non-hydrogen) atoms. The quantitative estimate of drug-likeness (QED) is 0.738. The van der Waals surface area contributed by atoms with Crippen LogP contribution in [0.4, 0.5) is 11.4 Å². The molecule has 2 aromatic carbocycles. The molecule has 1 aliphatic heterocycles. The molecule has 2 atom stereocenters. The summed E-state index contributed by atoms with van der Waals surface area (Å²) in [6, 6.07) is 11.1. The molecule has 1 amide bonds. The zero-order valence-corrected chi connectivity index (χ0v) is 17.5. The van der Waals surface area contributed by atoms with Gasteiger partial charge in [0.2, 0.25) is 10.0 Å². The molecule has 0 N–H and O–H groups in total. The third-order valence-electron chi connectivity index (χ3n) is 4.66. The number of hydrogen-bond acceptors (Lipinski definition) is 3. The van der Waals surface area contributed by atoms with Crippen molar-refractivity contribution >= 4 is 50.5 Å². The minimum atomic E-state index is -3.78. The highest BCUT2D eigenvalue weighted by Gasteiger charge is 2.38. The lowest BCUT2D eigenvalue weighted by atomic mass is 10.1. The number of anilines is 2. The zero-order chi connectivity index (χ0) is 19.9. The van der Waals surface area contributed by atoms with Crippen LogP contribution in [-0.2, 0) is 21.2 Å². The Morgan fingerprint density at radius 1 is 1.22 bits per heavy atom. The van der Waals surface area contributed by atoms with Crippen molar-refractivity contribution in [3.05, 3.63) is 58.1 Å². The molecule has 2 aromatic rings. The maximum Gasteiger partial charge on any atom is 0.250 e. The summed E-state index contributed by atoms with van der Waals surface area (Å²) < 4.78 is 26.1. The maximum atomic E-state index is 13.3. The standard InChI is InChI=1S/C19H20Cl2N2O3S/c1-12-10-14-6-4-5-7-17(14)22(12)19(24)13(2)23(27(3,25)26)18-11-15(20)8-9-16(18)21/h4-9,11-13H,10H2,1-3H3/t12-,13+/m1/s1. The third kappa shape index (κ3) is 3.79. The van der Waals surface area contributed by atoms with Gasteiger partial charge in [-0.1, -0.05) is 41.4 Å². The summed E-state index contributed by atoms with van der Waals surface area (Å²) in [6.45, 7) is 3.51. The van der Waals surface area contributed by atoms with Crippen molar-refractivity contribution in [1.82, 2.24) is 0 Å². The summed E-state index contributed by atoms with van der Waals surface area (Å²) in [5, 5.41) is 0.543. The van der Waals surface area contributed by atoms with Gasteiger partial charge in [-0.25, -0.2) is 8.42 Å². The van der Waals surface area contributed by atoms with Crippen LogP contribution in [-0.4, -0.2) is 32.7 Å². The van der Waals surface area contributed by atoms with Crippen molar-refractivity contribution in [2.75, 3.05) is 15.5 Å². The number of halogens is 2. The monoisotopic (exact) mass is 426 g/mol. The van der Waals surface area contributed by atoms with Gasteiger partial charge < -0.3 is 4.90 Å². The first kappa shape index (κ1) is 20.0. The number of fused-ring (bicyclic) bond motifs is 1. The van der Waals surface area contributed by atoms with Gasteiger partial charge in [0.15, 0.2) is 0 Å². The van der Waals surface area contributed by atoms with E-state index in [0.29, 0.717) is 5.02 Å². The molecular formula is C19H20Cl2N2O3S. The van der Waals surface area contributed by atoms with Crippen LogP contribution < -0.4 is 9.21 Å². The molecule has 0 fully saturated rings. The predicted octanol–water partition coefficient (Wildman–Crippen LogP) is 4.13. The Hall–Kier alpha value is -1.76. The molecule has 5 nitrogen and oxygen atoms in total. The third-order valence-corrected chi connectivity index (χ3v) is 6.44. The number of sulfonamides is 1. The summed E-state index contributed by atoms with van der Waals surface area (Å²) >= 11 is 12.3. The summed E-state index contributed by atoms with van der Waals surface area (Å²) in [5.74, 6) is -0.311. The lowest BCUT2D eigenvalue weighted by molar-refractivity contribution is -0.119. The molecule has 0 spiro atoms. The van der Waals surface area contributed by atoms with Gasteiger partial charge in [-0.05, 0) is 50.1 Å². The fourth-order valence-corrected chi connectivity index (χ4v) is 5.13. The van der Waals surface area contributed by atoms with E-state index in [1.807, 2.05) is 31.2 Å². The van der Waals surface area contributed by atoms with E-state index in [1.165, 1.54) is 12.1 Å². The van der Waals surface area contributed by atoms with Crippen LogP contribution in [0, 0.1) is 0 Å². The van der Waals surface area contributed by atoms with Crippen molar-refractivity contribution in [3.63, 3.8) is 0 Å². The first-order valence-electron chi connectivity index (χ1n) is 8.46. The molecule has 0 unspecified atom stereocenters. The van der Waals surface area contributed by atoms with E-state index in [9.17, 15) is 13.2 Å². The van der Waals surface area contributed by atoms with E-state index in [4.69, 9.17) is 23.2 Å². The molecule has 1 heterocycles. The van der Waals surface area contributed by atoms with Crippen LogP contribution in [0.2, 0.25) is 10.0 Å². The SMILES string of the molecule is C[C@@H]1Cc2ccccc2N1C(=O)[C@H](C)N(c1cc(Cl)ccc1Cl)S(C)(=O)=O. The van der Waals surface area contributed by atoms with Crippen LogP contribution in [0.1, 0.15) is 19.4 Å². The highest BCUT2D eigenvalue weighted by atomic mass is 35.5. The normalized spacial score (nSPS) is 17.5. The van der Waals surface area contributed by atoms with Gasteiger partial charge in [0, 0.05) is 16.8 Å². The average molecular weight is 427 g/mol. The second-order valence-corrected chi connectivity index (χ2v) is 9.42. The van der Waals surface area contributed by atoms with Crippen LogP contribution in [0.3, 0.4) is 0 Å². The van der Waals surface area contributed by atoms with Crippen LogP contribution in [0.15, 0.2) is 42.5 Å². The number of carbonyl (C=O) groups is 1. The zero-order valence-electron chi connectivity index (χ0n) is 15.2. The average Bonchev–Trinajstić information content (AvgIpc) is 2.92. The lowest BCUT2D eigenvalue weighted by Crippen LogP contribution is -2.51. The van der Waals surface area contributed by atoms with Crippen molar-refractivity contribution in [3.8, 4) is 0 Å². The molecule has 3 rings (SSSR count). The van der Waals surface area contributed by atoms with Gasteiger partial charge >= 0.3 is 0 Å². The van der Waals surface area contributed by atoms with E-state index in [1.54, 1.807) is 17.9 Å². The summed E-state index contributed by atoms with van der Waals surface area (Å²) in [5.41, 5.74) is 2.07. The number of benzene rings is 2. The highest BCUT2D eigenvalue weighted by molar-refractivity contribution is 7.92. The van der Waals surface area contributed by atoms with E-state index < -0.39 is 16.1 Å². The molecule has 0 saturated carbocycles. The topological polar surface area (TPSA) is 57.7 Å². The Morgan fingerprint density at radius 2 is 1.89 bits per heavy atom. The first-order chi connectivity index (χ1) is 12.6. The number of para-hydroxylation sites is 1. The minimum absolute atomic E-state index is 0.0615. The van der Waals surface area contributed by atoms with Crippen molar-refractivity contribution in [1.29, 1.82) is 0 Å². The highest BCUT2D eigenvalue weighted by Crippen LogP contribution is 2.36. The van der Waals surface area contributed by atoms with Crippen LogP contribution >= 0.6 is 23.2 Å². The van der Waals surface area contributed by atoms with Gasteiger partial charge in [0.25, 0.3) is 5.91 Å². The van der Waals surface area contributed by atoms with E-state index in [-0.39, 0.29) is 22.7 Å². The number of rotatable bonds is 4. The van der Waals surface area contributed by atoms with Gasteiger partial charge in [-0.3, -0.25) is 9.10 Å². The van der Waals surface area contributed by atoms with Crippen molar-refractivity contribution in [2.45, 2.75) is 32.4 Å². The van der Waals surface area contributed by atoms with Gasteiger partial charge in [0.05, 0.1) is 17.0 Å². The fourth-order valence-electron chi connectivity index (χ4n) is 3.53. The van der Waals surface area contributed by atoms with Crippen LogP contribution in [0.5, 0.6) is 0 Å². The number of carbonyl (C=O) groups excluding carboxylic acids is 1. The number of hydrogen-bond donors (Lipinski definition) is 0. The second-order valence-electron chi connectivity index (χ2n) is 6.72. The lowest BCUT2D eigenvalue weighted by Gasteiger charge is -2.33. The van der Waals surface area contributed by atoms with Crippen molar-refractivity contribution in [2.24, 2.45) is 0 Å². The molecule has 1 aliphatic rings. The maximum absolute atomic E-state index is 13.3. The Morgan fingerprint density at radius 3 is 2.56 bits per heavy atom. The summed E-state index contributed by atoms with van der Waals surface area (Å²) in [4.78, 5) is 15.0. The van der Waals surface area contributed by atoms with E-state index in [0.717, 1.165) is 28.2 Å². The molecule has 0 saturated heterocycles. The smallest absolute Gasteiger partial charge is 0.250 e. The first-order valence-corrected chi connectivity index (χ1v) is 11.1. The molecular weight excluding hydrogens is 407 g/mol. The Bertz CT molecular complexity index is 994. The Balaban J connectivity index is 2.04. The minimum Gasteiger partial charge on any atom is -0.307 e. The summed E-state index contributed by atoms with van der Waals surface area (Å²) in [7, 11) is -3.78. The van der Waals surface area contributed by atoms with Gasteiger partial charge in [-0.2, -0.15) is 0 Å². The Kier molecular flexibility index (Phi) is 5.43. The molecule has 8 heteroatoms. The van der Waals surface area contributed by atoms with Crippen molar-refractivity contribution < 1.29 is 13.2 Å². The summed E-state index contributed by atoms with van der Waals surface area (Å²) in [6.07, 6.45) is 1.78. The van der Waals surface area contributed by atoms with Gasteiger partial charge in [0.1, 0.15) is 6.04 Å². The number of amides is 1. The second kappa shape index (κ2) is 7.34.